The average molecular weight is 283 g/mol. The van der Waals surface area contributed by atoms with Crippen molar-refractivity contribution in [1.29, 1.82) is 0 Å². The van der Waals surface area contributed by atoms with Crippen molar-refractivity contribution in [2.45, 2.75) is 13.0 Å². The van der Waals surface area contributed by atoms with E-state index in [4.69, 9.17) is 0 Å². The molecule has 3 heteroatoms. The summed E-state index contributed by atoms with van der Waals surface area (Å²) in [5.41, 5.74) is 3.05. The zero-order chi connectivity index (χ0) is 10.8. The van der Waals surface area contributed by atoms with Crippen LogP contribution in [0.2, 0.25) is 0 Å². The number of hydrogen-bond donors (Lipinski definition) is 1. The van der Waals surface area contributed by atoms with Crippen molar-refractivity contribution in [1.82, 2.24) is 0 Å². The van der Waals surface area contributed by atoms with Crippen LogP contribution in [0.4, 0.5) is 0 Å². The molecule has 1 aromatic heterocycles. The van der Waals surface area contributed by atoms with Gasteiger partial charge in [-0.2, -0.15) is 11.3 Å². The van der Waals surface area contributed by atoms with E-state index in [1.165, 1.54) is 5.56 Å². The monoisotopic (exact) mass is 282 g/mol. The van der Waals surface area contributed by atoms with E-state index >= 15 is 0 Å². The molecule has 0 aliphatic carbocycles. The summed E-state index contributed by atoms with van der Waals surface area (Å²) in [7, 11) is 0. The highest BCUT2D eigenvalue weighted by atomic mass is 79.9. The zero-order valence-electron chi connectivity index (χ0n) is 8.27. The Balaban J connectivity index is 2.38. The van der Waals surface area contributed by atoms with Crippen molar-refractivity contribution in [3.05, 3.63) is 56.2 Å². The Bertz CT molecular complexity index is 451. The van der Waals surface area contributed by atoms with Gasteiger partial charge in [-0.3, -0.25) is 0 Å². The lowest BCUT2D eigenvalue weighted by Gasteiger charge is -2.11. The number of aliphatic hydroxyl groups excluding tert-OH is 1. The lowest BCUT2D eigenvalue weighted by atomic mass is 10.0. The Hall–Kier alpha value is -0.640. The van der Waals surface area contributed by atoms with Crippen LogP contribution in [0.15, 0.2) is 39.5 Å². The second-order valence-corrected chi connectivity index (χ2v) is 5.12. The topological polar surface area (TPSA) is 20.2 Å². The number of halogens is 1. The quantitative estimate of drug-likeness (QED) is 0.886. The smallest absolute Gasteiger partial charge is 0.106 e. The summed E-state index contributed by atoms with van der Waals surface area (Å²) in [4.78, 5) is 0. The summed E-state index contributed by atoms with van der Waals surface area (Å²) < 4.78 is 0.959. The zero-order valence-corrected chi connectivity index (χ0v) is 10.7. The van der Waals surface area contributed by atoms with Gasteiger partial charge in [0.05, 0.1) is 0 Å². The molecule has 15 heavy (non-hydrogen) atoms. The van der Waals surface area contributed by atoms with Gasteiger partial charge in [0.2, 0.25) is 0 Å². The molecule has 0 bridgehead atoms. The molecule has 0 fully saturated rings. The lowest BCUT2D eigenvalue weighted by molar-refractivity contribution is 0.220. The van der Waals surface area contributed by atoms with E-state index in [2.05, 4.69) is 15.9 Å². The number of hydrogen-bond acceptors (Lipinski definition) is 2. The van der Waals surface area contributed by atoms with Gasteiger partial charge in [0.25, 0.3) is 0 Å². The first-order chi connectivity index (χ1) is 7.18. The van der Waals surface area contributed by atoms with E-state index in [9.17, 15) is 5.11 Å². The van der Waals surface area contributed by atoms with Crippen molar-refractivity contribution in [2.24, 2.45) is 0 Å². The number of aliphatic hydroxyl groups is 1. The second kappa shape index (κ2) is 4.47. The van der Waals surface area contributed by atoms with E-state index in [-0.39, 0.29) is 0 Å². The molecule has 0 amide bonds. The minimum Gasteiger partial charge on any atom is -0.384 e. The summed E-state index contributed by atoms with van der Waals surface area (Å²) in [5, 5.41) is 14.1. The molecule has 0 radical (unpaired) electrons. The third-order valence-electron chi connectivity index (χ3n) is 2.31. The molecule has 2 aromatic rings. The molecule has 1 nitrogen and oxygen atoms in total. The standard InChI is InChI=1S/C12H11BrOS/c1-8-2-3-10(11(13)6-8)12(14)9-4-5-15-7-9/h2-7,12,14H,1H3. The Morgan fingerprint density at radius 3 is 2.73 bits per heavy atom. The third kappa shape index (κ3) is 2.30. The average Bonchev–Trinajstić information content (AvgIpc) is 2.69. The highest BCUT2D eigenvalue weighted by Crippen LogP contribution is 2.30. The molecule has 1 heterocycles. The molecule has 1 aromatic carbocycles. The van der Waals surface area contributed by atoms with Gasteiger partial charge in [-0.15, -0.1) is 0 Å². The van der Waals surface area contributed by atoms with E-state index < -0.39 is 6.10 Å². The van der Waals surface area contributed by atoms with Gasteiger partial charge >= 0.3 is 0 Å². The summed E-state index contributed by atoms with van der Waals surface area (Å²) >= 11 is 5.07. The predicted molar refractivity (Wildman–Crippen MR) is 67.3 cm³/mol. The van der Waals surface area contributed by atoms with Crippen LogP contribution in [0.3, 0.4) is 0 Å². The molecular weight excluding hydrogens is 272 g/mol. The highest BCUT2D eigenvalue weighted by Gasteiger charge is 2.13. The summed E-state index contributed by atoms with van der Waals surface area (Å²) in [6, 6.07) is 7.93. The van der Waals surface area contributed by atoms with Gasteiger partial charge in [-0.05, 0) is 46.5 Å². The number of rotatable bonds is 2. The fourth-order valence-electron chi connectivity index (χ4n) is 1.46. The van der Waals surface area contributed by atoms with Crippen molar-refractivity contribution < 1.29 is 5.11 Å². The molecule has 0 aliphatic rings. The van der Waals surface area contributed by atoms with Crippen LogP contribution in [-0.2, 0) is 0 Å². The highest BCUT2D eigenvalue weighted by molar-refractivity contribution is 9.10. The minimum absolute atomic E-state index is 0.536. The van der Waals surface area contributed by atoms with Crippen LogP contribution in [0.1, 0.15) is 22.8 Å². The maximum absolute atomic E-state index is 10.1. The Labute approximate surface area is 102 Å². The third-order valence-corrected chi connectivity index (χ3v) is 3.70. The lowest BCUT2D eigenvalue weighted by Crippen LogP contribution is -1.99. The van der Waals surface area contributed by atoms with Crippen LogP contribution < -0.4 is 0 Å². The summed E-state index contributed by atoms with van der Waals surface area (Å²) in [5.74, 6) is 0. The normalized spacial score (nSPS) is 12.7. The first-order valence-electron chi connectivity index (χ1n) is 4.64. The van der Waals surface area contributed by atoms with Crippen molar-refractivity contribution >= 4 is 27.3 Å². The van der Waals surface area contributed by atoms with Crippen molar-refractivity contribution in [3.8, 4) is 0 Å². The van der Waals surface area contributed by atoms with E-state index in [0.29, 0.717) is 0 Å². The van der Waals surface area contributed by atoms with E-state index in [1.54, 1.807) is 11.3 Å². The molecule has 0 saturated heterocycles. The van der Waals surface area contributed by atoms with E-state index in [1.807, 2.05) is 41.9 Å². The van der Waals surface area contributed by atoms with Crippen molar-refractivity contribution in [2.75, 3.05) is 0 Å². The first-order valence-corrected chi connectivity index (χ1v) is 6.38. The molecule has 1 atom stereocenters. The fourth-order valence-corrected chi connectivity index (χ4v) is 2.85. The summed E-state index contributed by atoms with van der Waals surface area (Å²) in [6.07, 6.45) is -0.536. The molecule has 0 aliphatic heterocycles. The van der Waals surface area contributed by atoms with Crippen LogP contribution >= 0.6 is 27.3 Å². The van der Waals surface area contributed by atoms with Gasteiger partial charge in [0, 0.05) is 4.47 Å². The van der Waals surface area contributed by atoms with Crippen molar-refractivity contribution in [3.63, 3.8) is 0 Å². The van der Waals surface area contributed by atoms with Gasteiger partial charge in [-0.25, -0.2) is 0 Å². The Morgan fingerprint density at radius 1 is 1.33 bits per heavy atom. The molecule has 78 valence electrons. The fraction of sp³-hybridized carbons (Fsp3) is 0.167. The first kappa shape index (κ1) is 10.9. The molecular formula is C12H11BrOS. The number of thiophene rings is 1. The van der Waals surface area contributed by atoms with E-state index in [0.717, 1.165) is 15.6 Å². The van der Waals surface area contributed by atoms with Gasteiger partial charge in [0.1, 0.15) is 6.10 Å². The van der Waals surface area contributed by atoms with Gasteiger partial charge in [0.15, 0.2) is 0 Å². The number of aryl methyl sites for hydroxylation is 1. The SMILES string of the molecule is Cc1ccc(C(O)c2ccsc2)c(Br)c1. The molecule has 1 N–H and O–H groups in total. The molecule has 0 saturated carbocycles. The largest absolute Gasteiger partial charge is 0.384 e. The van der Waals surface area contributed by atoms with Crippen LogP contribution in [0, 0.1) is 6.92 Å². The van der Waals surface area contributed by atoms with Crippen LogP contribution in [-0.4, -0.2) is 5.11 Å². The maximum Gasteiger partial charge on any atom is 0.106 e. The molecule has 0 spiro atoms. The predicted octanol–water partition coefficient (Wildman–Crippen LogP) is 3.90. The second-order valence-electron chi connectivity index (χ2n) is 3.48. The van der Waals surface area contributed by atoms with Gasteiger partial charge < -0.3 is 5.11 Å². The minimum atomic E-state index is -0.536. The van der Waals surface area contributed by atoms with Crippen LogP contribution in [0.25, 0.3) is 0 Å². The molecule has 1 unspecified atom stereocenters. The van der Waals surface area contributed by atoms with Crippen LogP contribution in [0.5, 0.6) is 0 Å². The molecule has 2 rings (SSSR count). The number of benzene rings is 1. The summed E-state index contributed by atoms with van der Waals surface area (Å²) in [6.45, 7) is 2.03. The Kier molecular flexibility index (Phi) is 3.24. The Morgan fingerprint density at radius 2 is 2.13 bits per heavy atom. The maximum atomic E-state index is 10.1. The van der Waals surface area contributed by atoms with Gasteiger partial charge in [-0.1, -0.05) is 28.1 Å².